The number of aromatic carboxylic acids is 1. The molecule has 1 amide bonds. The van der Waals surface area contributed by atoms with Crippen LogP contribution in [0.1, 0.15) is 138 Å². The van der Waals surface area contributed by atoms with E-state index in [1.165, 1.54) is 11.3 Å². The second-order valence-corrected chi connectivity index (χ2v) is 15.3. The molecule has 0 unspecified atom stereocenters. The molecule has 6 N–H and O–H groups in total. The summed E-state index contributed by atoms with van der Waals surface area (Å²) in [5.74, 6) is -0.588. The first-order chi connectivity index (χ1) is 20.9. The van der Waals surface area contributed by atoms with Crippen molar-refractivity contribution in [3.05, 3.63) is 15.8 Å². The van der Waals surface area contributed by atoms with E-state index >= 15 is 0 Å². The molecular formula is C34H57N3O6S. The average Bonchev–Trinajstić information content (AvgIpc) is 3.43. The molecule has 0 bridgehead atoms. The zero-order chi connectivity index (χ0) is 32.4. The van der Waals surface area contributed by atoms with Crippen LogP contribution in [-0.2, 0) is 14.3 Å². The largest absolute Gasteiger partial charge is 0.480 e. The lowest BCUT2D eigenvalue weighted by Gasteiger charge is -2.39. The molecule has 3 aliphatic carbocycles. The number of unbranched alkanes of at least 4 members (excludes halogenated alkanes) is 1. The Morgan fingerprint density at radius 1 is 1.00 bits per heavy atom. The number of anilines is 1. The minimum absolute atomic E-state index is 0.0109. The van der Waals surface area contributed by atoms with Crippen LogP contribution in [0.3, 0.4) is 0 Å². The van der Waals surface area contributed by atoms with Crippen LogP contribution in [0.4, 0.5) is 5.69 Å². The number of amides is 1. The highest BCUT2D eigenvalue weighted by Gasteiger charge is 2.38. The molecule has 1 atom stereocenters. The van der Waals surface area contributed by atoms with Crippen LogP contribution in [0.25, 0.3) is 0 Å². The number of methoxy groups -OCH3 is 1. The highest BCUT2D eigenvalue weighted by Crippen LogP contribution is 2.47. The first-order valence-corrected chi connectivity index (χ1v) is 17.6. The molecule has 250 valence electrons. The zero-order valence-corrected chi connectivity index (χ0v) is 28.2. The van der Waals surface area contributed by atoms with Gasteiger partial charge in [0.25, 0.3) is 0 Å². The summed E-state index contributed by atoms with van der Waals surface area (Å²) in [5.41, 5.74) is 11.5. The van der Waals surface area contributed by atoms with Gasteiger partial charge in [0.1, 0.15) is 10.9 Å². The molecule has 0 radical (unpaired) electrons. The van der Waals surface area contributed by atoms with E-state index in [1.54, 1.807) is 7.11 Å². The number of hydrogen-bond acceptors (Lipinski definition) is 7. The molecule has 3 saturated carbocycles. The molecule has 44 heavy (non-hydrogen) atoms. The van der Waals surface area contributed by atoms with E-state index in [0.717, 1.165) is 94.8 Å². The zero-order valence-electron chi connectivity index (χ0n) is 27.4. The topological polar surface area (TPSA) is 156 Å². The first-order valence-electron chi connectivity index (χ1n) is 16.8. The Kier molecular flexibility index (Phi) is 14.1. The summed E-state index contributed by atoms with van der Waals surface area (Å²) in [5, 5.41) is 18.5. The van der Waals surface area contributed by atoms with Crippen LogP contribution in [0.2, 0.25) is 0 Å². The molecule has 3 fully saturated rings. The third-order valence-electron chi connectivity index (χ3n) is 10.2. The Labute approximate surface area is 268 Å². The summed E-state index contributed by atoms with van der Waals surface area (Å²) in [4.78, 5) is 40.0. The number of aliphatic carboxylic acids is 1. The molecule has 0 spiro atoms. The molecular weight excluding hydrogens is 578 g/mol. The Balaban J connectivity index is 0.000000456. The van der Waals surface area contributed by atoms with E-state index < -0.39 is 18.0 Å². The highest BCUT2D eigenvalue weighted by atomic mass is 32.1. The molecule has 9 nitrogen and oxygen atoms in total. The lowest BCUT2D eigenvalue weighted by Crippen LogP contribution is -2.47. The first kappa shape index (κ1) is 36.5. The smallest absolute Gasteiger partial charge is 0.348 e. The number of thiophene rings is 1. The molecule has 10 heteroatoms. The fourth-order valence-electron chi connectivity index (χ4n) is 6.99. The van der Waals surface area contributed by atoms with Crippen molar-refractivity contribution in [3.8, 4) is 0 Å². The van der Waals surface area contributed by atoms with Crippen LogP contribution in [0.5, 0.6) is 0 Å². The number of nitrogens with zero attached hydrogens (tertiary/aromatic N) is 1. The Morgan fingerprint density at radius 3 is 2.14 bits per heavy atom. The van der Waals surface area contributed by atoms with Gasteiger partial charge in [-0.1, -0.05) is 27.2 Å². The summed E-state index contributed by atoms with van der Waals surface area (Å²) < 4.78 is 5.58. The lowest BCUT2D eigenvalue weighted by atomic mass is 9.73. The third-order valence-corrected chi connectivity index (χ3v) is 11.4. The fraction of sp³-hybridized carbons (Fsp3) is 0.794. The van der Waals surface area contributed by atoms with Crippen molar-refractivity contribution in [2.45, 2.75) is 141 Å². The van der Waals surface area contributed by atoms with E-state index in [0.29, 0.717) is 40.8 Å². The van der Waals surface area contributed by atoms with Crippen LogP contribution in [0.15, 0.2) is 6.07 Å². The minimum atomic E-state index is -0.933. The Bertz CT molecular complexity index is 1070. The van der Waals surface area contributed by atoms with Crippen molar-refractivity contribution in [3.63, 3.8) is 0 Å². The normalized spacial score (nSPS) is 26.2. The number of carbonyl (C=O) groups is 3. The van der Waals surface area contributed by atoms with E-state index in [1.807, 2.05) is 4.90 Å². The highest BCUT2D eigenvalue weighted by molar-refractivity contribution is 7.14. The maximum Gasteiger partial charge on any atom is 0.348 e. The second kappa shape index (κ2) is 17.1. The van der Waals surface area contributed by atoms with Gasteiger partial charge in [0.15, 0.2) is 0 Å². The van der Waals surface area contributed by atoms with Gasteiger partial charge in [-0.05, 0) is 120 Å². The van der Waals surface area contributed by atoms with E-state index in [-0.39, 0.29) is 24.0 Å². The van der Waals surface area contributed by atoms with Gasteiger partial charge in [0, 0.05) is 23.9 Å². The number of hydrogen-bond donors (Lipinski definition) is 4. The van der Waals surface area contributed by atoms with Gasteiger partial charge in [-0.25, -0.2) is 4.79 Å². The van der Waals surface area contributed by atoms with Gasteiger partial charge >= 0.3 is 11.9 Å². The van der Waals surface area contributed by atoms with Gasteiger partial charge in [0.05, 0.1) is 11.8 Å². The summed E-state index contributed by atoms with van der Waals surface area (Å²) in [6, 6.07) is 1.43. The fourth-order valence-corrected chi connectivity index (χ4v) is 8.15. The van der Waals surface area contributed by atoms with Crippen molar-refractivity contribution in [1.29, 1.82) is 0 Å². The predicted molar refractivity (Wildman–Crippen MR) is 176 cm³/mol. The molecule has 0 aliphatic heterocycles. The maximum atomic E-state index is 14.0. The van der Waals surface area contributed by atoms with Crippen LogP contribution in [0, 0.1) is 17.3 Å². The molecule has 3 aliphatic rings. The van der Waals surface area contributed by atoms with Gasteiger partial charge in [-0.2, -0.15) is 0 Å². The van der Waals surface area contributed by atoms with Crippen LogP contribution in [-0.4, -0.2) is 59.9 Å². The predicted octanol–water partition coefficient (Wildman–Crippen LogP) is 6.77. The third kappa shape index (κ3) is 10.3. The summed E-state index contributed by atoms with van der Waals surface area (Å²) >= 11 is 1.42. The molecule has 1 aromatic heterocycles. The van der Waals surface area contributed by atoms with E-state index in [4.69, 9.17) is 21.3 Å². The molecule has 1 aromatic rings. The maximum absolute atomic E-state index is 14.0. The number of rotatable bonds is 11. The Hall–Kier alpha value is -2.01. The number of carboxylic acids is 2. The molecule has 4 rings (SSSR count). The van der Waals surface area contributed by atoms with Crippen molar-refractivity contribution >= 4 is 34.9 Å². The minimum Gasteiger partial charge on any atom is -0.480 e. The van der Waals surface area contributed by atoms with Gasteiger partial charge in [-0.3, -0.25) is 9.59 Å². The van der Waals surface area contributed by atoms with Gasteiger partial charge < -0.3 is 31.3 Å². The average molecular weight is 636 g/mol. The van der Waals surface area contributed by atoms with E-state index in [2.05, 4.69) is 26.8 Å². The molecule has 0 aromatic carbocycles. The van der Waals surface area contributed by atoms with Crippen molar-refractivity contribution in [2.75, 3.05) is 18.6 Å². The van der Waals surface area contributed by atoms with Crippen molar-refractivity contribution in [2.24, 2.45) is 28.7 Å². The van der Waals surface area contributed by atoms with Crippen LogP contribution < -0.4 is 16.4 Å². The lowest BCUT2D eigenvalue weighted by molar-refractivity contribution is -0.138. The van der Waals surface area contributed by atoms with E-state index in [9.17, 15) is 19.5 Å². The summed E-state index contributed by atoms with van der Waals surface area (Å²) in [7, 11) is 1.76. The van der Waals surface area contributed by atoms with Crippen LogP contribution >= 0.6 is 11.3 Å². The SMILES string of the molecule is CO[C@H]1CC[C@H](N(c2cc(C3CCC(C)(C)CC3)sc2C(=O)O)C(=O)[C@H]2CC[C@H](C)CC2)CC1.NCCCC[C@H](N)C(=O)O. The van der Waals surface area contributed by atoms with Gasteiger partial charge in [-0.15, -0.1) is 11.3 Å². The second-order valence-electron chi connectivity index (χ2n) is 14.2. The molecule has 0 saturated heterocycles. The van der Waals surface area contributed by atoms with Crippen molar-refractivity contribution in [1.82, 2.24) is 0 Å². The summed E-state index contributed by atoms with van der Waals surface area (Å²) in [6.45, 7) is 7.52. The van der Waals surface area contributed by atoms with Gasteiger partial charge in [0.2, 0.25) is 5.91 Å². The Morgan fingerprint density at radius 2 is 1.61 bits per heavy atom. The number of ether oxygens (including phenoxy) is 1. The standard InChI is InChI=1S/C28H43NO4S.C6H14N2O2/c1-18-5-7-20(8-6-18)26(30)29(21-9-11-22(33-4)12-10-21)23-17-24(34-25(23)27(31)32)19-13-15-28(2,3)16-14-19;7-4-2-1-3-5(8)6(9)10/h17-22H,5-16H2,1-4H3,(H,31,32);5H,1-4,7-8H2,(H,9,10)/t18-,20-,21-,22-;5-/m.0/s1. The number of carbonyl (C=O) groups excluding carboxylic acids is 1. The quantitative estimate of drug-likeness (QED) is 0.194. The number of carboxylic acid groups (broad SMARTS) is 2. The van der Waals surface area contributed by atoms with Crippen molar-refractivity contribution < 1.29 is 29.3 Å². The number of nitrogens with two attached hydrogens (primary N) is 2. The monoisotopic (exact) mass is 635 g/mol. The molecule has 1 heterocycles. The summed E-state index contributed by atoms with van der Waals surface area (Å²) in [6.07, 6.45) is 14.5.